The second-order valence-corrected chi connectivity index (χ2v) is 7.44. The van der Waals surface area contributed by atoms with E-state index in [1.165, 1.54) is 12.3 Å². The highest BCUT2D eigenvalue weighted by Crippen LogP contribution is 2.41. The molecule has 1 aromatic rings. The van der Waals surface area contributed by atoms with E-state index in [0.717, 1.165) is 0 Å². The van der Waals surface area contributed by atoms with E-state index in [-0.39, 0.29) is 17.5 Å². The monoisotopic (exact) mass is 306 g/mol. The third-order valence-corrected chi connectivity index (χ3v) is 4.27. The molecular weight excluding hydrogens is 290 g/mol. The molecule has 5 nitrogen and oxygen atoms in total. The van der Waals surface area contributed by atoms with Crippen LogP contribution in [0.1, 0.15) is 39.4 Å². The third kappa shape index (κ3) is 3.24. The van der Waals surface area contributed by atoms with Crippen molar-refractivity contribution in [2.24, 2.45) is 0 Å². The summed E-state index contributed by atoms with van der Waals surface area (Å²) in [5.41, 5.74) is 0.447. The third-order valence-electron chi connectivity index (χ3n) is 2.59. The molecule has 0 aromatic carbocycles. The lowest BCUT2D eigenvalue weighted by molar-refractivity contribution is -0.286. The number of halogens is 2. The molecule has 0 bridgehead atoms. The van der Waals surface area contributed by atoms with Crippen LogP contribution in [0.15, 0.2) is 12.3 Å². The maximum Gasteiger partial charge on any atom is 0.586 e. The molecule has 2 rings (SSSR count). The van der Waals surface area contributed by atoms with Gasteiger partial charge in [0.2, 0.25) is 0 Å². The van der Waals surface area contributed by atoms with Crippen molar-refractivity contribution in [2.75, 3.05) is 0 Å². The zero-order valence-electron chi connectivity index (χ0n) is 11.6. The highest BCUT2D eigenvalue weighted by Gasteiger charge is 2.43. The number of rotatable bonds is 3. The smallest absolute Gasteiger partial charge is 0.395 e. The van der Waals surface area contributed by atoms with Crippen LogP contribution in [0, 0.1) is 0 Å². The average Bonchev–Trinajstić information content (AvgIpc) is 2.60. The number of alkyl halides is 2. The van der Waals surface area contributed by atoms with Gasteiger partial charge in [0.25, 0.3) is 0 Å². The van der Waals surface area contributed by atoms with Crippen molar-refractivity contribution in [2.45, 2.75) is 44.8 Å². The molecule has 1 aliphatic heterocycles. The molecule has 0 saturated carbocycles. The van der Waals surface area contributed by atoms with E-state index in [0.29, 0.717) is 5.69 Å². The highest BCUT2D eigenvalue weighted by molar-refractivity contribution is 7.84. The van der Waals surface area contributed by atoms with E-state index >= 15 is 0 Å². The Kier molecular flexibility index (Phi) is 3.72. The Hall–Kier alpha value is -1.28. The normalized spacial score (nSPS) is 19.7. The van der Waals surface area contributed by atoms with Gasteiger partial charge < -0.3 is 9.47 Å². The van der Waals surface area contributed by atoms with E-state index in [9.17, 15) is 13.0 Å². The molecule has 0 amide bonds. The van der Waals surface area contributed by atoms with Gasteiger partial charge in [-0.3, -0.25) is 4.98 Å². The number of nitrogens with one attached hydrogen (secondary N) is 1. The Morgan fingerprint density at radius 1 is 1.35 bits per heavy atom. The van der Waals surface area contributed by atoms with Gasteiger partial charge in [-0.1, -0.05) is 0 Å². The van der Waals surface area contributed by atoms with E-state index in [2.05, 4.69) is 19.2 Å². The van der Waals surface area contributed by atoms with Gasteiger partial charge in [-0.25, -0.2) is 8.93 Å². The molecule has 1 aliphatic rings. The van der Waals surface area contributed by atoms with E-state index < -0.39 is 22.0 Å². The summed E-state index contributed by atoms with van der Waals surface area (Å²) >= 11 is 0. The predicted molar refractivity (Wildman–Crippen MR) is 69.9 cm³/mol. The second-order valence-electron chi connectivity index (χ2n) is 5.44. The fourth-order valence-electron chi connectivity index (χ4n) is 1.51. The number of nitrogens with zero attached hydrogens (tertiary/aromatic N) is 1. The quantitative estimate of drug-likeness (QED) is 0.932. The number of aromatic nitrogens is 1. The molecule has 2 atom stereocenters. The molecule has 2 heterocycles. The zero-order valence-corrected chi connectivity index (χ0v) is 12.4. The number of hydrogen-bond donors (Lipinski definition) is 1. The summed E-state index contributed by atoms with van der Waals surface area (Å²) in [6, 6.07) is 0.978. The first-order chi connectivity index (χ1) is 9.08. The highest BCUT2D eigenvalue weighted by atomic mass is 32.2. The van der Waals surface area contributed by atoms with Crippen molar-refractivity contribution in [1.82, 2.24) is 9.71 Å². The van der Waals surface area contributed by atoms with Crippen LogP contribution in [0.4, 0.5) is 8.78 Å². The van der Waals surface area contributed by atoms with Gasteiger partial charge in [0.05, 0.1) is 33.7 Å². The minimum Gasteiger partial charge on any atom is -0.395 e. The first-order valence-electron chi connectivity index (χ1n) is 6.02. The molecular formula is C12H16F2N2O3S. The summed E-state index contributed by atoms with van der Waals surface area (Å²) < 4.78 is 48.8. The molecule has 20 heavy (non-hydrogen) atoms. The summed E-state index contributed by atoms with van der Waals surface area (Å²) in [5.74, 6) is -0.182. The van der Waals surface area contributed by atoms with Crippen LogP contribution in [0.2, 0.25) is 0 Å². The molecule has 112 valence electrons. The molecule has 0 saturated heterocycles. The van der Waals surface area contributed by atoms with Crippen molar-refractivity contribution in [3.8, 4) is 11.5 Å². The topological polar surface area (TPSA) is 60.5 Å². The molecule has 0 radical (unpaired) electrons. The minimum atomic E-state index is -3.66. The Morgan fingerprint density at radius 2 is 1.95 bits per heavy atom. The summed E-state index contributed by atoms with van der Waals surface area (Å²) in [6.45, 7) is 7.23. The lowest BCUT2D eigenvalue weighted by Crippen LogP contribution is -2.35. The van der Waals surface area contributed by atoms with Crippen LogP contribution >= 0.6 is 0 Å². The Bertz CT molecular complexity index is 546. The van der Waals surface area contributed by atoms with Crippen LogP contribution in [-0.2, 0) is 11.0 Å². The van der Waals surface area contributed by atoms with Crippen molar-refractivity contribution in [3.05, 3.63) is 18.0 Å². The first-order valence-corrected chi connectivity index (χ1v) is 7.17. The van der Waals surface area contributed by atoms with Gasteiger partial charge in [0, 0.05) is 6.07 Å². The van der Waals surface area contributed by atoms with Gasteiger partial charge in [-0.15, -0.1) is 8.78 Å². The number of pyridine rings is 1. The molecule has 0 fully saturated rings. The van der Waals surface area contributed by atoms with Gasteiger partial charge in [-0.05, 0) is 27.7 Å². The maximum absolute atomic E-state index is 12.9. The van der Waals surface area contributed by atoms with Crippen molar-refractivity contribution in [1.29, 1.82) is 0 Å². The van der Waals surface area contributed by atoms with E-state index in [1.807, 2.05) is 20.8 Å². The number of fused-ring (bicyclic) bond motifs is 1. The van der Waals surface area contributed by atoms with E-state index in [4.69, 9.17) is 0 Å². The van der Waals surface area contributed by atoms with Crippen molar-refractivity contribution in [3.63, 3.8) is 0 Å². The van der Waals surface area contributed by atoms with Crippen molar-refractivity contribution < 1.29 is 22.5 Å². The van der Waals surface area contributed by atoms with Gasteiger partial charge in [0.1, 0.15) is 0 Å². The maximum atomic E-state index is 12.9. The lowest BCUT2D eigenvalue weighted by atomic mass is 10.2. The van der Waals surface area contributed by atoms with Crippen LogP contribution in [0.5, 0.6) is 11.5 Å². The average molecular weight is 306 g/mol. The van der Waals surface area contributed by atoms with Crippen LogP contribution in [-0.4, -0.2) is 20.2 Å². The summed E-state index contributed by atoms with van der Waals surface area (Å²) in [7, 11) is -1.29. The van der Waals surface area contributed by atoms with Gasteiger partial charge >= 0.3 is 6.29 Å². The molecule has 0 unspecified atom stereocenters. The van der Waals surface area contributed by atoms with Gasteiger partial charge in [-0.2, -0.15) is 0 Å². The molecule has 1 N–H and O–H groups in total. The standard InChI is InChI=1S/C12H16F2N2O3S/c1-7(16-20(17)11(2,3)4)8-5-9-10(6-15-8)19-12(13,14)18-9/h5-7,16H,1-4H3/t7-,20-/m1/s1. The minimum absolute atomic E-state index is 0.0739. The summed E-state index contributed by atoms with van der Waals surface area (Å²) in [5, 5.41) is 0. The molecule has 8 heteroatoms. The Labute approximate surface area is 118 Å². The van der Waals surface area contributed by atoms with Crippen LogP contribution in [0.3, 0.4) is 0 Å². The molecule has 0 spiro atoms. The number of hydrogen-bond acceptors (Lipinski definition) is 4. The molecule has 1 aromatic heterocycles. The van der Waals surface area contributed by atoms with Crippen LogP contribution in [0.25, 0.3) is 0 Å². The summed E-state index contributed by atoms with van der Waals surface area (Å²) in [6.07, 6.45) is -2.49. The fourth-order valence-corrected chi connectivity index (χ4v) is 2.30. The predicted octanol–water partition coefficient (Wildman–Crippen LogP) is 2.52. The first kappa shape index (κ1) is 15.1. The number of ether oxygens (including phenoxy) is 2. The second kappa shape index (κ2) is 4.92. The summed E-state index contributed by atoms with van der Waals surface area (Å²) in [4.78, 5) is 4.02. The molecule has 0 aliphatic carbocycles. The lowest BCUT2D eigenvalue weighted by Gasteiger charge is -2.21. The Balaban J connectivity index is 2.14. The Morgan fingerprint density at radius 3 is 2.55 bits per heavy atom. The fraction of sp³-hybridized carbons (Fsp3) is 0.583. The largest absolute Gasteiger partial charge is 0.586 e. The van der Waals surface area contributed by atoms with E-state index in [1.54, 1.807) is 6.92 Å². The zero-order chi connectivity index (χ0) is 15.1. The van der Waals surface area contributed by atoms with Crippen molar-refractivity contribution >= 4 is 11.0 Å². The van der Waals surface area contributed by atoms with Crippen LogP contribution < -0.4 is 14.2 Å². The van der Waals surface area contributed by atoms with Gasteiger partial charge in [0.15, 0.2) is 11.5 Å². The SMILES string of the molecule is C[C@@H](N[S@](=O)C(C)(C)C)c1cc2c(cn1)OC(F)(F)O2.